The predicted octanol–water partition coefficient (Wildman–Crippen LogP) is 2.24. The Morgan fingerprint density at radius 3 is 2.64 bits per heavy atom. The molecule has 0 radical (unpaired) electrons. The first-order valence-electron chi connectivity index (χ1n) is 7.16. The molecule has 0 bridgehead atoms. The van der Waals surface area contributed by atoms with Crippen LogP contribution in [0.1, 0.15) is 25.6 Å². The van der Waals surface area contributed by atoms with Crippen LogP contribution >= 0.6 is 27.7 Å². The van der Waals surface area contributed by atoms with Crippen LogP contribution in [0.4, 0.5) is 5.82 Å². The Labute approximate surface area is 141 Å². The molecule has 9 heteroatoms. The summed E-state index contributed by atoms with van der Waals surface area (Å²) in [6.07, 6.45) is 3.97. The molecule has 1 fully saturated rings. The number of anilines is 1. The van der Waals surface area contributed by atoms with Gasteiger partial charge in [0.1, 0.15) is 23.0 Å². The van der Waals surface area contributed by atoms with Crippen molar-refractivity contribution >= 4 is 33.5 Å². The molecular formula is C13H18BrN7S. The Morgan fingerprint density at radius 2 is 2.00 bits per heavy atom. The van der Waals surface area contributed by atoms with Crippen LogP contribution in [0.5, 0.6) is 0 Å². The van der Waals surface area contributed by atoms with Crippen LogP contribution in [0.25, 0.3) is 0 Å². The lowest BCUT2D eigenvalue weighted by Crippen LogP contribution is -2.33. The van der Waals surface area contributed by atoms with E-state index in [-0.39, 0.29) is 0 Å². The van der Waals surface area contributed by atoms with E-state index in [4.69, 9.17) is 5.84 Å². The molecule has 2 aromatic heterocycles. The van der Waals surface area contributed by atoms with Crippen molar-refractivity contribution in [3.63, 3.8) is 0 Å². The average molecular weight is 384 g/mol. The summed E-state index contributed by atoms with van der Waals surface area (Å²) in [7, 11) is 0. The molecule has 0 spiro atoms. The van der Waals surface area contributed by atoms with E-state index in [9.17, 15) is 0 Å². The van der Waals surface area contributed by atoms with Crippen LogP contribution in [0, 0.1) is 12.8 Å². The van der Waals surface area contributed by atoms with Gasteiger partial charge in [-0.25, -0.2) is 14.6 Å². The standard InChI is InChI=1S/C13H18BrN7S/c1-8-3-5-20(6-4-8)11-10(14)12(17-7-16-11)22-13-19-18-9(2)21(13)15/h7-8H,3-6,15H2,1-2H3. The van der Waals surface area contributed by atoms with E-state index in [1.54, 1.807) is 6.33 Å². The van der Waals surface area contributed by atoms with Crippen molar-refractivity contribution in [1.82, 2.24) is 24.8 Å². The monoisotopic (exact) mass is 383 g/mol. The minimum absolute atomic E-state index is 0.607. The molecule has 22 heavy (non-hydrogen) atoms. The maximum Gasteiger partial charge on any atom is 0.216 e. The Hall–Kier alpha value is -1.35. The van der Waals surface area contributed by atoms with E-state index in [1.807, 2.05) is 6.92 Å². The van der Waals surface area contributed by atoms with Gasteiger partial charge in [-0.2, -0.15) is 0 Å². The third-order valence-corrected chi connectivity index (χ3v) is 5.80. The molecule has 0 saturated carbocycles. The smallest absolute Gasteiger partial charge is 0.216 e. The SMILES string of the molecule is Cc1nnc(Sc2ncnc(N3CCC(C)CC3)c2Br)n1N. The summed E-state index contributed by atoms with van der Waals surface area (Å²) >= 11 is 5.02. The topological polar surface area (TPSA) is 85.8 Å². The van der Waals surface area contributed by atoms with Gasteiger partial charge < -0.3 is 10.7 Å². The van der Waals surface area contributed by atoms with E-state index in [1.165, 1.54) is 29.3 Å². The Kier molecular flexibility index (Phi) is 4.53. The fraction of sp³-hybridized carbons (Fsp3) is 0.538. The number of halogens is 1. The van der Waals surface area contributed by atoms with E-state index < -0.39 is 0 Å². The highest BCUT2D eigenvalue weighted by Gasteiger charge is 2.22. The number of rotatable bonds is 3. The number of hydrogen-bond donors (Lipinski definition) is 1. The van der Waals surface area contributed by atoms with Crippen LogP contribution in [-0.4, -0.2) is 37.9 Å². The highest BCUT2D eigenvalue weighted by Crippen LogP contribution is 2.36. The van der Waals surface area contributed by atoms with Crippen LogP contribution < -0.4 is 10.7 Å². The number of nitrogens with zero attached hydrogens (tertiary/aromatic N) is 6. The maximum absolute atomic E-state index is 5.90. The summed E-state index contributed by atoms with van der Waals surface area (Å²) in [5, 5.41) is 9.42. The summed E-state index contributed by atoms with van der Waals surface area (Å²) in [6.45, 7) is 6.15. The van der Waals surface area contributed by atoms with Crippen molar-refractivity contribution < 1.29 is 0 Å². The maximum atomic E-state index is 5.90. The number of nitrogen functional groups attached to an aromatic ring is 1. The van der Waals surface area contributed by atoms with Crippen LogP contribution in [-0.2, 0) is 0 Å². The number of hydrogen-bond acceptors (Lipinski definition) is 7. The molecule has 2 aromatic rings. The van der Waals surface area contributed by atoms with Crippen molar-refractivity contribution in [3.05, 3.63) is 16.6 Å². The van der Waals surface area contributed by atoms with E-state index in [0.29, 0.717) is 11.0 Å². The van der Waals surface area contributed by atoms with Gasteiger partial charge in [0.2, 0.25) is 5.16 Å². The fourth-order valence-electron chi connectivity index (χ4n) is 2.36. The lowest BCUT2D eigenvalue weighted by Gasteiger charge is -2.31. The average Bonchev–Trinajstić information content (AvgIpc) is 2.82. The molecule has 0 aliphatic carbocycles. The van der Waals surface area contributed by atoms with Gasteiger partial charge in [-0.05, 0) is 53.4 Å². The molecule has 3 rings (SSSR count). The Bertz CT molecular complexity index is 666. The minimum Gasteiger partial charge on any atom is -0.356 e. The summed E-state index contributed by atoms with van der Waals surface area (Å²) in [5.74, 6) is 8.28. The van der Waals surface area contributed by atoms with Crippen molar-refractivity contribution in [2.24, 2.45) is 5.92 Å². The van der Waals surface area contributed by atoms with E-state index in [2.05, 4.69) is 47.9 Å². The van der Waals surface area contributed by atoms with Gasteiger partial charge in [-0.3, -0.25) is 0 Å². The molecule has 0 unspecified atom stereocenters. The Morgan fingerprint density at radius 1 is 1.27 bits per heavy atom. The zero-order valence-electron chi connectivity index (χ0n) is 12.5. The lowest BCUT2D eigenvalue weighted by atomic mass is 9.99. The lowest BCUT2D eigenvalue weighted by molar-refractivity contribution is 0.436. The summed E-state index contributed by atoms with van der Waals surface area (Å²) < 4.78 is 2.34. The van der Waals surface area contributed by atoms with Gasteiger partial charge in [-0.1, -0.05) is 6.92 Å². The first kappa shape index (κ1) is 15.5. The zero-order chi connectivity index (χ0) is 15.7. The normalized spacial score (nSPS) is 16.2. The molecule has 118 valence electrons. The van der Waals surface area contributed by atoms with Crippen LogP contribution in [0.2, 0.25) is 0 Å². The molecule has 0 atom stereocenters. The second-order valence-electron chi connectivity index (χ2n) is 5.49. The molecule has 1 aliphatic heterocycles. The minimum atomic E-state index is 0.607. The van der Waals surface area contributed by atoms with Crippen molar-refractivity contribution in [2.75, 3.05) is 23.8 Å². The summed E-state index contributed by atoms with van der Waals surface area (Å²) in [4.78, 5) is 11.1. The number of aryl methyl sites for hydroxylation is 1. The first-order chi connectivity index (χ1) is 10.6. The molecule has 0 aromatic carbocycles. The molecule has 0 amide bonds. The molecule has 3 heterocycles. The molecule has 7 nitrogen and oxygen atoms in total. The van der Waals surface area contributed by atoms with Gasteiger partial charge in [0.15, 0.2) is 0 Å². The number of aromatic nitrogens is 5. The van der Waals surface area contributed by atoms with Gasteiger partial charge >= 0.3 is 0 Å². The van der Waals surface area contributed by atoms with Crippen LogP contribution in [0.15, 0.2) is 21.0 Å². The van der Waals surface area contributed by atoms with E-state index in [0.717, 1.165) is 34.3 Å². The van der Waals surface area contributed by atoms with Crippen molar-refractivity contribution in [1.29, 1.82) is 0 Å². The highest BCUT2D eigenvalue weighted by molar-refractivity contribution is 9.10. The van der Waals surface area contributed by atoms with Gasteiger partial charge in [0.25, 0.3) is 0 Å². The third kappa shape index (κ3) is 3.05. The zero-order valence-corrected chi connectivity index (χ0v) is 14.9. The number of nitrogens with two attached hydrogens (primary N) is 1. The van der Waals surface area contributed by atoms with Crippen molar-refractivity contribution in [3.8, 4) is 0 Å². The molecule has 1 aliphatic rings. The van der Waals surface area contributed by atoms with E-state index >= 15 is 0 Å². The van der Waals surface area contributed by atoms with Gasteiger partial charge in [0, 0.05) is 13.1 Å². The third-order valence-electron chi connectivity index (χ3n) is 3.85. The quantitative estimate of drug-likeness (QED) is 0.642. The largest absolute Gasteiger partial charge is 0.356 e. The molecule has 2 N–H and O–H groups in total. The number of piperidine rings is 1. The Balaban J connectivity index is 1.84. The van der Waals surface area contributed by atoms with Gasteiger partial charge in [0.05, 0.1) is 4.47 Å². The first-order valence-corrected chi connectivity index (χ1v) is 8.77. The van der Waals surface area contributed by atoms with Crippen molar-refractivity contribution in [2.45, 2.75) is 36.9 Å². The van der Waals surface area contributed by atoms with Crippen LogP contribution in [0.3, 0.4) is 0 Å². The second-order valence-corrected chi connectivity index (χ2v) is 7.24. The molecular weight excluding hydrogens is 366 g/mol. The molecule has 1 saturated heterocycles. The highest BCUT2D eigenvalue weighted by atomic mass is 79.9. The fourth-order valence-corrected chi connectivity index (χ4v) is 3.83. The predicted molar refractivity (Wildman–Crippen MR) is 89.4 cm³/mol. The summed E-state index contributed by atoms with van der Waals surface area (Å²) in [5.41, 5.74) is 0. The van der Waals surface area contributed by atoms with Gasteiger partial charge in [-0.15, -0.1) is 10.2 Å². The second kappa shape index (κ2) is 6.41. The summed E-state index contributed by atoms with van der Waals surface area (Å²) in [6, 6.07) is 0.